The molecular weight excluding hydrogens is 178 g/mol. The summed E-state index contributed by atoms with van der Waals surface area (Å²) in [6.45, 7) is 0. The first-order valence-corrected chi connectivity index (χ1v) is 4.10. The molecule has 0 unspecified atom stereocenters. The smallest absolute Gasteiger partial charge is 0.133 e. The molecule has 1 aromatic rings. The lowest BCUT2D eigenvalue weighted by Crippen LogP contribution is -1.86. The van der Waals surface area contributed by atoms with Crippen LogP contribution in [0.4, 0.5) is 8.78 Å². The van der Waals surface area contributed by atoms with Gasteiger partial charge in [-0.3, -0.25) is 0 Å². The predicted octanol–water partition coefficient (Wildman–Crippen LogP) is 2.91. The van der Waals surface area contributed by atoms with E-state index >= 15 is 0 Å². The Bertz CT molecular complexity index is 274. The third-order valence-electron chi connectivity index (χ3n) is 1.39. The van der Waals surface area contributed by atoms with Gasteiger partial charge in [0.05, 0.1) is 0 Å². The largest absolute Gasteiger partial charge is 0.206 e. The van der Waals surface area contributed by atoms with Gasteiger partial charge in [-0.1, -0.05) is 18.2 Å². The van der Waals surface area contributed by atoms with Gasteiger partial charge in [0.15, 0.2) is 0 Å². The lowest BCUT2D eigenvalue weighted by Gasteiger charge is -1.96. The highest BCUT2D eigenvalue weighted by Crippen LogP contribution is 2.13. The zero-order chi connectivity index (χ0) is 8.97. The van der Waals surface area contributed by atoms with Crippen LogP contribution in [-0.4, -0.2) is 5.75 Å². The number of benzene rings is 1. The summed E-state index contributed by atoms with van der Waals surface area (Å²) in [6, 6.07) is 3.78. The minimum absolute atomic E-state index is 0.00782. The molecule has 0 radical (unpaired) electrons. The quantitative estimate of drug-likeness (QED) is 0.674. The van der Waals surface area contributed by atoms with Crippen molar-refractivity contribution in [1.82, 2.24) is 0 Å². The van der Waals surface area contributed by atoms with Gasteiger partial charge in [0, 0.05) is 11.3 Å². The second-order valence-electron chi connectivity index (χ2n) is 2.22. The van der Waals surface area contributed by atoms with Gasteiger partial charge in [0.1, 0.15) is 11.6 Å². The van der Waals surface area contributed by atoms with E-state index in [-0.39, 0.29) is 5.56 Å². The summed E-state index contributed by atoms with van der Waals surface area (Å²) >= 11 is 3.89. The first kappa shape index (κ1) is 9.26. The van der Waals surface area contributed by atoms with E-state index in [9.17, 15) is 8.78 Å². The van der Waals surface area contributed by atoms with Gasteiger partial charge in [-0.2, -0.15) is 12.6 Å². The number of hydrogen-bond donors (Lipinski definition) is 1. The Morgan fingerprint density at radius 1 is 1.25 bits per heavy atom. The predicted molar refractivity (Wildman–Crippen MR) is 49.2 cm³/mol. The molecule has 64 valence electrons. The Kier molecular flexibility index (Phi) is 3.29. The van der Waals surface area contributed by atoms with Gasteiger partial charge < -0.3 is 0 Å². The average Bonchev–Trinajstić information content (AvgIpc) is 2.04. The Morgan fingerprint density at radius 2 is 1.83 bits per heavy atom. The van der Waals surface area contributed by atoms with Gasteiger partial charge in [-0.15, -0.1) is 0 Å². The van der Waals surface area contributed by atoms with Crippen LogP contribution in [0.2, 0.25) is 0 Å². The summed E-state index contributed by atoms with van der Waals surface area (Å²) in [4.78, 5) is 0. The molecule has 0 bridgehead atoms. The molecule has 0 aliphatic heterocycles. The zero-order valence-electron chi connectivity index (χ0n) is 6.30. The van der Waals surface area contributed by atoms with E-state index in [2.05, 4.69) is 12.6 Å². The Hall–Kier alpha value is -0.830. The maximum Gasteiger partial charge on any atom is 0.133 e. The minimum Gasteiger partial charge on any atom is -0.206 e. The fraction of sp³-hybridized carbons (Fsp3) is 0.111. The van der Waals surface area contributed by atoms with Gasteiger partial charge in [0.2, 0.25) is 0 Å². The maximum absolute atomic E-state index is 12.9. The summed E-state index contributed by atoms with van der Waals surface area (Å²) in [6.07, 6.45) is 2.97. The van der Waals surface area contributed by atoms with Crippen molar-refractivity contribution < 1.29 is 8.78 Å². The van der Waals surface area contributed by atoms with Crippen LogP contribution >= 0.6 is 12.6 Å². The van der Waals surface area contributed by atoms with Crippen LogP contribution in [0, 0.1) is 11.6 Å². The Labute approximate surface area is 75.3 Å². The van der Waals surface area contributed by atoms with Gasteiger partial charge in [-0.25, -0.2) is 8.78 Å². The number of hydrogen-bond acceptors (Lipinski definition) is 1. The molecule has 0 aromatic heterocycles. The van der Waals surface area contributed by atoms with Gasteiger partial charge in [0.25, 0.3) is 0 Å². The van der Waals surface area contributed by atoms with Crippen molar-refractivity contribution in [3.8, 4) is 0 Å². The van der Waals surface area contributed by atoms with Crippen LogP contribution in [0.5, 0.6) is 0 Å². The molecule has 0 aliphatic rings. The first-order valence-electron chi connectivity index (χ1n) is 3.47. The fourth-order valence-electron chi connectivity index (χ4n) is 0.840. The third kappa shape index (κ3) is 2.08. The second-order valence-corrected chi connectivity index (χ2v) is 2.59. The Balaban J connectivity index is 3.04. The van der Waals surface area contributed by atoms with E-state index in [1.165, 1.54) is 24.3 Å². The highest BCUT2D eigenvalue weighted by molar-refractivity contribution is 7.80. The van der Waals surface area contributed by atoms with Crippen molar-refractivity contribution in [2.45, 2.75) is 0 Å². The van der Waals surface area contributed by atoms with Gasteiger partial charge >= 0.3 is 0 Å². The number of thiol groups is 1. The van der Waals surface area contributed by atoms with Crippen molar-refractivity contribution in [2.24, 2.45) is 0 Å². The monoisotopic (exact) mass is 186 g/mol. The standard InChI is InChI=1S/C9H8F2S/c10-8-4-1-5-9(11)7(8)3-2-6-12/h1-5,12H,6H2. The highest BCUT2D eigenvalue weighted by Gasteiger charge is 2.02. The molecule has 0 saturated heterocycles. The highest BCUT2D eigenvalue weighted by atomic mass is 32.1. The second kappa shape index (κ2) is 4.26. The molecule has 0 spiro atoms. The summed E-state index contributed by atoms with van der Waals surface area (Å²) in [7, 11) is 0. The van der Waals surface area contributed by atoms with E-state index in [0.717, 1.165) is 0 Å². The van der Waals surface area contributed by atoms with Crippen molar-refractivity contribution >= 4 is 18.7 Å². The third-order valence-corrected chi connectivity index (χ3v) is 1.60. The molecule has 0 nitrogen and oxygen atoms in total. The van der Waals surface area contributed by atoms with Crippen LogP contribution in [0.15, 0.2) is 24.3 Å². The van der Waals surface area contributed by atoms with E-state index < -0.39 is 11.6 Å². The molecule has 0 aliphatic carbocycles. The van der Waals surface area contributed by atoms with Crippen LogP contribution in [0.3, 0.4) is 0 Å². The van der Waals surface area contributed by atoms with Crippen molar-refractivity contribution in [3.63, 3.8) is 0 Å². The van der Waals surface area contributed by atoms with Crippen molar-refractivity contribution in [2.75, 3.05) is 5.75 Å². The first-order chi connectivity index (χ1) is 5.75. The SMILES string of the molecule is Fc1cccc(F)c1C=CCS. The molecule has 0 amide bonds. The molecule has 0 fully saturated rings. The van der Waals surface area contributed by atoms with Crippen LogP contribution in [0.1, 0.15) is 5.56 Å². The number of rotatable bonds is 2. The number of halogens is 2. The lowest BCUT2D eigenvalue weighted by molar-refractivity contribution is 0.578. The minimum atomic E-state index is -0.548. The molecule has 0 heterocycles. The molecule has 0 atom stereocenters. The average molecular weight is 186 g/mol. The van der Waals surface area contributed by atoms with Crippen molar-refractivity contribution in [1.29, 1.82) is 0 Å². The van der Waals surface area contributed by atoms with Crippen LogP contribution in [0.25, 0.3) is 6.08 Å². The molecule has 0 saturated carbocycles. The molecule has 1 aromatic carbocycles. The zero-order valence-corrected chi connectivity index (χ0v) is 7.19. The topological polar surface area (TPSA) is 0 Å². The normalized spacial score (nSPS) is 10.9. The molecule has 1 rings (SSSR count). The molecule has 3 heteroatoms. The van der Waals surface area contributed by atoms with Crippen LogP contribution in [-0.2, 0) is 0 Å². The van der Waals surface area contributed by atoms with E-state index in [1.54, 1.807) is 6.08 Å². The van der Waals surface area contributed by atoms with Crippen LogP contribution < -0.4 is 0 Å². The van der Waals surface area contributed by atoms with E-state index in [1.807, 2.05) is 0 Å². The summed E-state index contributed by atoms with van der Waals surface area (Å²) in [5, 5.41) is 0. The summed E-state index contributed by atoms with van der Waals surface area (Å²) < 4.78 is 25.7. The van der Waals surface area contributed by atoms with E-state index in [0.29, 0.717) is 5.75 Å². The molecule has 12 heavy (non-hydrogen) atoms. The fourth-order valence-corrected chi connectivity index (χ4v) is 0.946. The molecule has 0 N–H and O–H groups in total. The van der Waals surface area contributed by atoms with E-state index in [4.69, 9.17) is 0 Å². The summed E-state index contributed by atoms with van der Waals surface area (Å²) in [5.74, 6) is -0.630. The summed E-state index contributed by atoms with van der Waals surface area (Å²) in [5.41, 5.74) is -0.00782. The Morgan fingerprint density at radius 3 is 2.33 bits per heavy atom. The van der Waals surface area contributed by atoms with Gasteiger partial charge in [-0.05, 0) is 12.1 Å². The lowest BCUT2D eigenvalue weighted by atomic mass is 10.2. The van der Waals surface area contributed by atoms with Crippen molar-refractivity contribution in [3.05, 3.63) is 41.5 Å². The maximum atomic E-state index is 12.9. The molecular formula is C9H8F2S.